The van der Waals surface area contributed by atoms with E-state index in [0.717, 1.165) is 16.3 Å². The number of hydrogen-bond acceptors (Lipinski definition) is 3. The lowest BCUT2D eigenvalue weighted by atomic mass is 10.1. The van der Waals surface area contributed by atoms with Gasteiger partial charge in [-0.05, 0) is 17.9 Å². The Bertz CT molecular complexity index is 496. The third-order valence-corrected chi connectivity index (χ3v) is 3.61. The molecule has 0 fully saturated rings. The maximum absolute atomic E-state index is 10.3. The third kappa shape index (κ3) is 2.70. The summed E-state index contributed by atoms with van der Waals surface area (Å²) in [7, 11) is 1.94. The standard InChI is InChI=1S/C13H16N2OS/c1-15-8-7-14-13(15)9-11(16)10-5-3-4-6-12(10)17-2/h3-8,11,16H,9H2,1-2H3. The number of aliphatic hydroxyl groups excluding tert-OH is 1. The molecule has 1 aromatic carbocycles. The van der Waals surface area contributed by atoms with E-state index in [4.69, 9.17) is 0 Å². The van der Waals surface area contributed by atoms with Gasteiger partial charge in [0.1, 0.15) is 5.82 Å². The summed E-state index contributed by atoms with van der Waals surface area (Å²) in [6.45, 7) is 0. The molecule has 1 unspecified atom stereocenters. The number of aryl methyl sites for hydroxylation is 1. The van der Waals surface area contributed by atoms with Crippen molar-refractivity contribution < 1.29 is 5.11 Å². The van der Waals surface area contributed by atoms with Crippen LogP contribution in [0.5, 0.6) is 0 Å². The summed E-state index contributed by atoms with van der Waals surface area (Å²) in [5.74, 6) is 0.897. The topological polar surface area (TPSA) is 38.1 Å². The summed E-state index contributed by atoms with van der Waals surface area (Å²) < 4.78 is 1.94. The van der Waals surface area contributed by atoms with Crippen molar-refractivity contribution in [1.29, 1.82) is 0 Å². The van der Waals surface area contributed by atoms with Gasteiger partial charge in [-0.15, -0.1) is 11.8 Å². The molecule has 3 nitrogen and oxygen atoms in total. The lowest BCUT2D eigenvalue weighted by molar-refractivity contribution is 0.172. The maximum atomic E-state index is 10.3. The highest BCUT2D eigenvalue weighted by Gasteiger charge is 2.14. The number of nitrogens with zero attached hydrogens (tertiary/aromatic N) is 2. The minimum Gasteiger partial charge on any atom is -0.388 e. The lowest BCUT2D eigenvalue weighted by Crippen LogP contribution is -2.07. The van der Waals surface area contributed by atoms with Gasteiger partial charge in [-0.2, -0.15) is 0 Å². The summed E-state index contributed by atoms with van der Waals surface area (Å²) in [6, 6.07) is 7.95. The molecule has 0 aliphatic heterocycles. The first-order valence-electron chi connectivity index (χ1n) is 5.49. The summed E-state index contributed by atoms with van der Waals surface area (Å²) in [5, 5.41) is 10.3. The number of thioether (sulfide) groups is 1. The predicted octanol–water partition coefficient (Wildman–Crippen LogP) is 2.42. The van der Waals surface area contributed by atoms with Gasteiger partial charge >= 0.3 is 0 Å². The van der Waals surface area contributed by atoms with E-state index >= 15 is 0 Å². The van der Waals surface area contributed by atoms with Crippen molar-refractivity contribution in [2.75, 3.05) is 6.26 Å². The SMILES string of the molecule is CSc1ccccc1C(O)Cc1nccn1C. The highest BCUT2D eigenvalue weighted by molar-refractivity contribution is 7.98. The van der Waals surface area contributed by atoms with Gasteiger partial charge in [0.25, 0.3) is 0 Å². The monoisotopic (exact) mass is 248 g/mol. The molecule has 0 spiro atoms. The van der Waals surface area contributed by atoms with Crippen LogP contribution in [0, 0.1) is 0 Å². The van der Waals surface area contributed by atoms with Crippen LogP contribution in [0.15, 0.2) is 41.6 Å². The van der Waals surface area contributed by atoms with E-state index in [2.05, 4.69) is 4.98 Å². The fourth-order valence-electron chi connectivity index (χ4n) is 1.82. The molecular weight excluding hydrogens is 232 g/mol. The average molecular weight is 248 g/mol. The molecular formula is C13H16N2OS. The number of aliphatic hydroxyl groups is 1. The van der Waals surface area contributed by atoms with Crippen molar-refractivity contribution in [3.05, 3.63) is 48.0 Å². The molecule has 0 bridgehead atoms. The molecule has 0 aliphatic carbocycles. The van der Waals surface area contributed by atoms with Gasteiger partial charge in [0.2, 0.25) is 0 Å². The summed E-state index contributed by atoms with van der Waals surface area (Å²) in [5.41, 5.74) is 0.975. The van der Waals surface area contributed by atoms with Gasteiger partial charge in [0.15, 0.2) is 0 Å². The Labute approximate surface area is 106 Å². The Hall–Kier alpha value is -1.26. The highest BCUT2D eigenvalue weighted by atomic mass is 32.2. The average Bonchev–Trinajstić information content (AvgIpc) is 2.75. The van der Waals surface area contributed by atoms with Gasteiger partial charge in [-0.25, -0.2) is 4.98 Å². The fraction of sp³-hybridized carbons (Fsp3) is 0.308. The first kappa shape index (κ1) is 12.2. The molecule has 0 amide bonds. The van der Waals surface area contributed by atoms with E-state index in [-0.39, 0.29) is 0 Å². The smallest absolute Gasteiger partial charge is 0.111 e. The normalized spacial score (nSPS) is 12.6. The van der Waals surface area contributed by atoms with Crippen LogP contribution < -0.4 is 0 Å². The maximum Gasteiger partial charge on any atom is 0.111 e. The van der Waals surface area contributed by atoms with Crippen molar-refractivity contribution in [3.8, 4) is 0 Å². The molecule has 1 heterocycles. The van der Waals surface area contributed by atoms with Gasteiger partial charge in [0, 0.05) is 30.8 Å². The summed E-state index contributed by atoms with van der Waals surface area (Å²) in [6.07, 6.45) is 5.71. The van der Waals surface area contributed by atoms with E-state index in [1.54, 1.807) is 18.0 Å². The van der Waals surface area contributed by atoms with Crippen molar-refractivity contribution in [2.24, 2.45) is 7.05 Å². The Balaban J connectivity index is 2.20. The molecule has 0 saturated carbocycles. The fourth-order valence-corrected chi connectivity index (χ4v) is 2.47. The van der Waals surface area contributed by atoms with E-state index in [0.29, 0.717) is 6.42 Å². The van der Waals surface area contributed by atoms with Crippen molar-refractivity contribution in [1.82, 2.24) is 9.55 Å². The minimum atomic E-state index is -0.500. The molecule has 1 N–H and O–H groups in total. The van der Waals surface area contributed by atoms with Crippen LogP contribution in [-0.4, -0.2) is 20.9 Å². The highest BCUT2D eigenvalue weighted by Crippen LogP contribution is 2.27. The van der Waals surface area contributed by atoms with Gasteiger partial charge in [-0.1, -0.05) is 18.2 Å². The summed E-state index contributed by atoms with van der Waals surface area (Å²) >= 11 is 1.65. The number of imidazole rings is 1. The summed E-state index contributed by atoms with van der Waals surface area (Å²) in [4.78, 5) is 5.35. The van der Waals surface area contributed by atoms with Crippen LogP contribution in [0.2, 0.25) is 0 Å². The zero-order valence-corrected chi connectivity index (χ0v) is 10.8. The Morgan fingerprint density at radius 2 is 2.18 bits per heavy atom. The molecule has 17 heavy (non-hydrogen) atoms. The predicted molar refractivity (Wildman–Crippen MR) is 70.1 cm³/mol. The van der Waals surface area contributed by atoms with Crippen molar-refractivity contribution in [3.63, 3.8) is 0 Å². The Kier molecular flexibility index (Phi) is 3.86. The number of aromatic nitrogens is 2. The third-order valence-electron chi connectivity index (χ3n) is 2.79. The first-order valence-corrected chi connectivity index (χ1v) is 6.72. The molecule has 0 saturated heterocycles. The van der Waals surface area contributed by atoms with Crippen LogP contribution in [0.3, 0.4) is 0 Å². The zero-order valence-electron chi connectivity index (χ0n) is 10.00. The molecule has 2 rings (SSSR count). The van der Waals surface area contributed by atoms with Crippen LogP contribution in [-0.2, 0) is 13.5 Å². The van der Waals surface area contributed by atoms with Crippen LogP contribution in [0.1, 0.15) is 17.5 Å². The largest absolute Gasteiger partial charge is 0.388 e. The Morgan fingerprint density at radius 1 is 1.41 bits per heavy atom. The second-order valence-corrected chi connectivity index (χ2v) is 4.76. The molecule has 1 atom stereocenters. The minimum absolute atomic E-state index is 0.500. The second kappa shape index (κ2) is 5.38. The molecule has 90 valence electrons. The Morgan fingerprint density at radius 3 is 2.82 bits per heavy atom. The quantitative estimate of drug-likeness (QED) is 0.844. The zero-order chi connectivity index (χ0) is 12.3. The molecule has 2 aromatic rings. The van der Waals surface area contributed by atoms with E-state index < -0.39 is 6.10 Å². The first-order chi connectivity index (χ1) is 8.22. The molecule has 0 radical (unpaired) electrons. The van der Waals surface area contributed by atoms with E-state index in [9.17, 15) is 5.11 Å². The number of rotatable bonds is 4. The second-order valence-electron chi connectivity index (χ2n) is 3.92. The van der Waals surface area contributed by atoms with Gasteiger partial charge < -0.3 is 9.67 Å². The van der Waals surface area contributed by atoms with Gasteiger partial charge in [0.05, 0.1) is 6.10 Å². The molecule has 1 aromatic heterocycles. The van der Waals surface area contributed by atoms with Crippen LogP contribution >= 0.6 is 11.8 Å². The molecule has 0 aliphatic rings. The van der Waals surface area contributed by atoms with Gasteiger partial charge in [-0.3, -0.25) is 0 Å². The number of hydrogen-bond donors (Lipinski definition) is 1. The number of benzene rings is 1. The van der Waals surface area contributed by atoms with E-state index in [1.165, 1.54) is 0 Å². The van der Waals surface area contributed by atoms with Crippen LogP contribution in [0.4, 0.5) is 0 Å². The molecule has 4 heteroatoms. The van der Waals surface area contributed by atoms with E-state index in [1.807, 2.05) is 48.3 Å². The van der Waals surface area contributed by atoms with Crippen molar-refractivity contribution >= 4 is 11.8 Å². The van der Waals surface area contributed by atoms with Crippen molar-refractivity contribution in [2.45, 2.75) is 17.4 Å². The van der Waals surface area contributed by atoms with Crippen LogP contribution in [0.25, 0.3) is 0 Å². The lowest BCUT2D eigenvalue weighted by Gasteiger charge is -2.14.